The minimum absolute atomic E-state index is 0.0138. The number of hydrogen-bond acceptors (Lipinski definition) is 5. The van der Waals surface area contributed by atoms with E-state index in [9.17, 15) is 9.59 Å². The number of carbonyl (C=O) groups is 2. The number of hydrogen-bond donors (Lipinski definition) is 1. The van der Waals surface area contributed by atoms with E-state index < -0.39 is 0 Å². The summed E-state index contributed by atoms with van der Waals surface area (Å²) in [6, 6.07) is 24.8. The van der Waals surface area contributed by atoms with E-state index in [0.29, 0.717) is 16.5 Å². The van der Waals surface area contributed by atoms with E-state index >= 15 is 0 Å². The summed E-state index contributed by atoms with van der Waals surface area (Å²) in [5.41, 5.74) is 4.30. The van der Waals surface area contributed by atoms with E-state index in [2.05, 4.69) is 36.2 Å². The molecule has 1 aromatic heterocycles. The maximum atomic E-state index is 13.4. The quantitative estimate of drug-likeness (QED) is 0.306. The van der Waals surface area contributed by atoms with Crippen molar-refractivity contribution < 1.29 is 9.59 Å². The van der Waals surface area contributed by atoms with E-state index in [1.165, 1.54) is 16.4 Å². The molecule has 1 amide bonds. The third-order valence-electron chi connectivity index (χ3n) is 5.80. The number of nitrogens with zero attached hydrogens (tertiary/aromatic N) is 3. The second kappa shape index (κ2) is 10.9. The second-order valence-corrected chi connectivity index (χ2v) is 10.4. The molecule has 0 unspecified atom stereocenters. The van der Waals surface area contributed by atoms with Crippen LogP contribution in [0.3, 0.4) is 0 Å². The van der Waals surface area contributed by atoms with Crippen molar-refractivity contribution in [2.75, 3.05) is 11.1 Å². The molecule has 0 aliphatic carbocycles. The Morgan fingerprint density at radius 2 is 1.58 bits per heavy atom. The predicted octanol–water partition coefficient (Wildman–Crippen LogP) is 6.22. The standard InChI is InChI=1S/C29H30N4O2S/c1-5-20-11-9-10-14-24(20)30-25(34)19-36-28-31-26(21-12-7-6-8-13-21)32-33(28)27(35)22-15-17-23(18-16-22)29(2,3)4/h6-18H,5,19H2,1-4H3,(H,30,34). The minimum atomic E-state index is -0.288. The Kier molecular flexibility index (Phi) is 7.70. The third kappa shape index (κ3) is 5.91. The molecule has 0 fully saturated rings. The average molecular weight is 499 g/mol. The number of thioether (sulfide) groups is 1. The van der Waals surface area contributed by atoms with Gasteiger partial charge >= 0.3 is 0 Å². The number of nitrogens with one attached hydrogen (secondary N) is 1. The summed E-state index contributed by atoms with van der Waals surface area (Å²) in [6.07, 6.45) is 0.820. The Morgan fingerprint density at radius 1 is 0.917 bits per heavy atom. The Balaban J connectivity index is 1.59. The number of amides is 1. The van der Waals surface area contributed by atoms with Gasteiger partial charge in [0.25, 0.3) is 5.91 Å². The van der Waals surface area contributed by atoms with Crippen molar-refractivity contribution in [3.05, 3.63) is 95.6 Å². The smallest absolute Gasteiger partial charge is 0.280 e. The van der Waals surface area contributed by atoms with Gasteiger partial charge in [-0.05, 0) is 41.2 Å². The fraction of sp³-hybridized carbons (Fsp3) is 0.241. The van der Waals surface area contributed by atoms with Crippen molar-refractivity contribution in [2.24, 2.45) is 0 Å². The number of aryl methyl sites for hydroxylation is 1. The molecular formula is C29H30N4O2S. The van der Waals surface area contributed by atoms with Gasteiger partial charge in [0.2, 0.25) is 5.91 Å². The van der Waals surface area contributed by atoms with Crippen molar-refractivity contribution in [2.45, 2.75) is 44.7 Å². The van der Waals surface area contributed by atoms with Gasteiger partial charge in [-0.1, -0.05) is 100 Å². The number of rotatable bonds is 7. The Hall–Kier alpha value is -3.71. The summed E-state index contributed by atoms with van der Waals surface area (Å²) in [4.78, 5) is 30.8. The minimum Gasteiger partial charge on any atom is -0.325 e. The highest BCUT2D eigenvalue weighted by Crippen LogP contribution is 2.25. The van der Waals surface area contributed by atoms with Crippen LogP contribution in [0, 0.1) is 0 Å². The van der Waals surface area contributed by atoms with Gasteiger partial charge in [0, 0.05) is 16.8 Å². The normalized spacial score (nSPS) is 11.3. The van der Waals surface area contributed by atoms with Crippen LogP contribution >= 0.6 is 11.8 Å². The summed E-state index contributed by atoms with van der Waals surface area (Å²) in [7, 11) is 0. The fourth-order valence-corrected chi connectivity index (χ4v) is 4.46. The predicted molar refractivity (Wildman–Crippen MR) is 146 cm³/mol. The third-order valence-corrected chi connectivity index (χ3v) is 6.73. The van der Waals surface area contributed by atoms with E-state index in [-0.39, 0.29) is 23.0 Å². The largest absolute Gasteiger partial charge is 0.325 e. The molecule has 0 aliphatic heterocycles. The van der Waals surface area contributed by atoms with Crippen LogP contribution in [0.1, 0.15) is 49.2 Å². The van der Waals surface area contributed by atoms with Gasteiger partial charge in [0.05, 0.1) is 5.75 Å². The van der Waals surface area contributed by atoms with Crippen LogP contribution in [-0.4, -0.2) is 32.3 Å². The van der Waals surface area contributed by atoms with E-state index in [0.717, 1.165) is 28.8 Å². The molecule has 0 bridgehead atoms. The lowest BCUT2D eigenvalue weighted by Crippen LogP contribution is -2.18. The van der Waals surface area contributed by atoms with Crippen molar-refractivity contribution in [1.29, 1.82) is 0 Å². The Morgan fingerprint density at radius 3 is 2.25 bits per heavy atom. The number of anilines is 1. The van der Waals surface area contributed by atoms with Gasteiger partial charge < -0.3 is 5.32 Å². The fourth-order valence-electron chi connectivity index (χ4n) is 3.74. The van der Waals surface area contributed by atoms with Crippen molar-refractivity contribution in [3.63, 3.8) is 0 Å². The van der Waals surface area contributed by atoms with Gasteiger partial charge in [-0.3, -0.25) is 9.59 Å². The van der Waals surface area contributed by atoms with E-state index in [1.54, 1.807) is 0 Å². The molecule has 7 heteroatoms. The van der Waals surface area contributed by atoms with Crippen molar-refractivity contribution in [3.8, 4) is 11.4 Å². The summed E-state index contributed by atoms with van der Waals surface area (Å²) >= 11 is 1.19. The molecule has 6 nitrogen and oxygen atoms in total. The van der Waals surface area contributed by atoms with Crippen LogP contribution in [0.5, 0.6) is 0 Å². The molecule has 184 valence electrons. The van der Waals surface area contributed by atoms with E-state index in [1.807, 2.05) is 85.8 Å². The molecule has 1 N–H and O–H groups in total. The van der Waals surface area contributed by atoms with Crippen LogP contribution in [0.4, 0.5) is 5.69 Å². The lowest BCUT2D eigenvalue weighted by molar-refractivity contribution is -0.113. The zero-order valence-electron chi connectivity index (χ0n) is 21.0. The van der Waals surface area contributed by atoms with Crippen LogP contribution < -0.4 is 5.32 Å². The van der Waals surface area contributed by atoms with Crippen molar-refractivity contribution >= 4 is 29.3 Å². The van der Waals surface area contributed by atoms with Crippen molar-refractivity contribution in [1.82, 2.24) is 14.8 Å². The summed E-state index contributed by atoms with van der Waals surface area (Å²) in [6.45, 7) is 8.44. The highest BCUT2D eigenvalue weighted by atomic mass is 32.2. The topological polar surface area (TPSA) is 76.9 Å². The molecular weight excluding hydrogens is 468 g/mol. The zero-order chi connectivity index (χ0) is 25.7. The highest BCUT2D eigenvalue weighted by Gasteiger charge is 2.21. The summed E-state index contributed by atoms with van der Waals surface area (Å²) < 4.78 is 1.30. The Bertz CT molecular complexity index is 1360. The number of carbonyl (C=O) groups excluding carboxylic acids is 2. The van der Waals surface area contributed by atoms with E-state index in [4.69, 9.17) is 0 Å². The molecule has 0 aliphatic rings. The van der Waals surface area contributed by atoms with Gasteiger partial charge in [0.15, 0.2) is 11.0 Å². The van der Waals surface area contributed by atoms with Crippen LogP contribution in [-0.2, 0) is 16.6 Å². The lowest BCUT2D eigenvalue weighted by atomic mass is 9.87. The monoisotopic (exact) mass is 498 g/mol. The summed E-state index contributed by atoms with van der Waals surface area (Å²) in [5.74, 6) is 0.0823. The van der Waals surface area contributed by atoms with Gasteiger partial charge in [-0.2, -0.15) is 4.68 Å². The SMILES string of the molecule is CCc1ccccc1NC(=O)CSc1nc(-c2ccccc2)nn1C(=O)c1ccc(C(C)(C)C)cc1. The first kappa shape index (κ1) is 25.4. The zero-order valence-corrected chi connectivity index (χ0v) is 21.8. The van der Waals surface area contributed by atoms with Crippen LogP contribution in [0.25, 0.3) is 11.4 Å². The molecule has 0 saturated heterocycles. The molecule has 0 radical (unpaired) electrons. The van der Waals surface area contributed by atoms with Crippen LogP contribution in [0.15, 0.2) is 84.0 Å². The molecule has 36 heavy (non-hydrogen) atoms. The highest BCUT2D eigenvalue weighted by molar-refractivity contribution is 7.99. The number of aromatic nitrogens is 3. The first-order valence-electron chi connectivity index (χ1n) is 11.9. The second-order valence-electron chi connectivity index (χ2n) is 9.48. The molecule has 4 rings (SSSR count). The molecule has 0 spiro atoms. The molecule has 0 saturated carbocycles. The molecule has 4 aromatic rings. The van der Waals surface area contributed by atoms with Gasteiger partial charge in [0.1, 0.15) is 0 Å². The lowest BCUT2D eigenvalue weighted by Gasteiger charge is -2.19. The van der Waals surface area contributed by atoms with Gasteiger partial charge in [-0.25, -0.2) is 4.98 Å². The number of benzene rings is 3. The maximum absolute atomic E-state index is 13.4. The Labute approximate surface area is 216 Å². The maximum Gasteiger partial charge on any atom is 0.280 e. The van der Waals surface area contributed by atoms with Gasteiger partial charge in [-0.15, -0.1) is 5.10 Å². The summed E-state index contributed by atoms with van der Waals surface area (Å²) in [5, 5.41) is 7.86. The molecule has 1 heterocycles. The molecule has 3 aromatic carbocycles. The first-order chi connectivity index (χ1) is 17.3. The number of para-hydroxylation sites is 1. The average Bonchev–Trinajstić information content (AvgIpc) is 3.32. The first-order valence-corrected chi connectivity index (χ1v) is 12.9. The van der Waals surface area contributed by atoms with Crippen LogP contribution in [0.2, 0.25) is 0 Å². The molecule has 0 atom stereocenters.